The van der Waals surface area contributed by atoms with Crippen LogP contribution in [0.3, 0.4) is 0 Å². The molecule has 3 nitrogen and oxygen atoms in total. The number of rotatable bonds is 2. The van der Waals surface area contributed by atoms with Crippen molar-refractivity contribution in [2.75, 3.05) is 13.2 Å². The van der Waals surface area contributed by atoms with Gasteiger partial charge in [0.2, 0.25) is 0 Å². The highest BCUT2D eigenvalue weighted by Crippen LogP contribution is 2.29. The monoisotopic (exact) mass is 216 g/mol. The van der Waals surface area contributed by atoms with Gasteiger partial charge in [-0.3, -0.25) is 4.68 Å². The Hall–Kier alpha value is -1.35. The molecule has 0 amide bonds. The molecule has 0 aliphatic carbocycles. The van der Waals surface area contributed by atoms with Crippen LogP contribution in [-0.4, -0.2) is 23.0 Å². The highest BCUT2D eigenvalue weighted by Gasteiger charge is 2.24. The first-order chi connectivity index (χ1) is 7.77. The van der Waals surface area contributed by atoms with Crippen molar-refractivity contribution >= 4 is 10.9 Å². The highest BCUT2D eigenvalue weighted by atomic mass is 16.5. The van der Waals surface area contributed by atoms with E-state index in [9.17, 15) is 0 Å². The van der Waals surface area contributed by atoms with E-state index >= 15 is 0 Å². The topological polar surface area (TPSA) is 27.1 Å². The van der Waals surface area contributed by atoms with Crippen LogP contribution < -0.4 is 0 Å². The van der Waals surface area contributed by atoms with Crippen molar-refractivity contribution in [2.24, 2.45) is 0 Å². The molecular formula is C13H16N2O. The number of ether oxygens (including phenoxy) is 1. The molecule has 84 valence electrons. The number of benzene rings is 1. The second-order valence-electron chi connectivity index (χ2n) is 4.72. The van der Waals surface area contributed by atoms with E-state index in [1.807, 2.05) is 6.20 Å². The zero-order valence-electron chi connectivity index (χ0n) is 9.68. The smallest absolute Gasteiger partial charge is 0.0992 e. The van der Waals surface area contributed by atoms with Gasteiger partial charge in [-0.05, 0) is 11.5 Å². The van der Waals surface area contributed by atoms with E-state index < -0.39 is 0 Å². The maximum Gasteiger partial charge on any atom is 0.0992 e. The molecule has 2 aromatic rings. The van der Waals surface area contributed by atoms with Crippen molar-refractivity contribution in [1.29, 1.82) is 0 Å². The average molecular weight is 216 g/mol. The molecule has 0 radical (unpaired) electrons. The van der Waals surface area contributed by atoms with Crippen LogP contribution in [0.25, 0.3) is 10.9 Å². The third-order valence-electron chi connectivity index (χ3n) is 3.24. The van der Waals surface area contributed by atoms with Crippen molar-refractivity contribution in [1.82, 2.24) is 9.78 Å². The summed E-state index contributed by atoms with van der Waals surface area (Å²) in [5.41, 5.74) is 2.66. The van der Waals surface area contributed by atoms with Crippen molar-refractivity contribution in [2.45, 2.75) is 25.8 Å². The molecule has 1 fully saturated rings. The Morgan fingerprint density at radius 3 is 2.81 bits per heavy atom. The van der Waals surface area contributed by atoms with Gasteiger partial charge in [-0.2, -0.15) is 5.10 Å². The first-order valence-electron chi connectivity index (χ1n) is 5.81. The lowest BCUT2D eigenvalue weighted by molar-refractivity contribution is -0.0267. The van der Waals surface area contributed by atoms with Crippen LogP contribution >= 0.6 is 0 Å². The molecule has 0 atom stereocenters. The SMILES string of the molecule is CC(C)c1cccc2cnn(C3COC3)c12. The van der Waals surface area contributed by atoms with Gasteiger partial charge < -0.3 is 4.74 Å². The second kappa shape index (κ2) is 3.59. The van der Waals surface area contributed by atoms with Gasteiger partial charge in [0.1, 0.15) is 0 Å². The van der Waals surface area contributed by atoms with Crippen molar-refractivity contribution in [3.63, 3.8) is 0 Å². The largest absolute Gasteiger partial charge is 0.377 e. The Morgan fingerprint density at radius 2 is 2.19 bits per heavy atom. The van der Waals surface area contributed by atoms with E-state index in [-0.39, 0.29) is 0 Å². The van der Waals surface area contributed by atoms with Crippen LogP contribution in [0.5, 0.6) is 0 Å². The lowest BCUT2D eigenvalue weighted by atomic mass is 10.0. The summed E-state index contributed by atoms with van der Waals surface area (Å²) in [4.78, 5) is 0. The van der Waals surface area contributed by atoms with Crippen LogP contribution in [0.1, 0.15) is 31.4 Å². The minimum absolute atomic E-state index is 0.428. The molecule has 0 bridgehead atoms. The lowest BCUT2D eigenvalue weighted by Crippen LogP contribution is -2.31. The van der Waals surface area contributed by atoms with Gasteiger partial charge in [0.25, 0.3) is 0 Å². The predicted molar refractivity (Wildman–Crippen MR) is 63.7 cm³/mol. The molecule has 1 aromatic carbocycles. The standard InChI is InChI=1S/C13H16N2O/c1-9(2)12-5-3-4-10-6-14-15(13(10)12)11-7-16-8-11/h3-6,9,11H,7-8H2,1-2H3. The molecule has 3 heteroatoms. The highest BCUT2D eigenvalue weighted by molar-refractivity contribution is 5.82. The Kier molecular flexibility index (Phi) is 2.21. The lowest BCUT2D eigenvalue weighted by Gasteiger charge is -2.27. The summed E-state index contributed by atoms with van der Waals surface area (Å²) in [6.45, 7) is 6.04. The van der Waals surface area contributed by atoms with Crippen molar-refractivity contribution in [3.05, 3.63) is 30.0 Å². The molecule has 16 heavy (non-hydrogen) atoms. The summed E-state index contributed by atoms with van der Waals surface area (Å²) >= 11 is 0. The van der Waals surface area contributed by atoms with Gasteiger partial charge in [-0.1, -0.05) is 32.0 Å². The number of para-hydroxylation sites is 1. The van der Waals surface area contributed by atoms with E-state index in [1.165, 1.54) is 16.5 Å². The first-order valence-corrected chi connectivity index (χ1v) is 5.81. The second-order valence-corrected chi connectivity index (χ2v) is 4.72. The number of fused-ring (bicyclic) bond motifs is 1. The van der Waals surface area contributed by atoms with Gasteiger partial charge in [0.05, 0.1) is 31.0 Å². The number of hydrogen-bond acceptors (Lipinski definition) is 2. The molecule has 0 N–H and O–H groups in total. The molecule has 1 aliphatic rings. The Balaban J connectivity index is 2.21. The van der Waals surface area contributed by atoms with Crippen LogP contribution in [0.2, 0.25) is 0 Å². The zero-order chi connectivity index (χ0) is 11.1. The predicted octanol–water partition coefficient (Wildman–Crippen LogP) is 2.73. The van der Waals surface area contributed by atoms with Crippen LogP contribution in [-0.2, 0) is 4.74 Å². The molecular weight excluding hydrogens is 200 g/mol. The average Bonchev–Trinajstić information content (AvgIpc) is 2.59. The Bertz CT molecular complexity index is 512. The van der Waals surface area contributed by atoms with Crippen LogP contribution in [0.15, 0.2) is 24.4 Å². The number of hydrogen-bond donors (Lipinski definition) is 0. The fourth-order valence-corrected chi connectivity index (χ4v) is 2.24. The van der Waals surface area contributed by atoms with E-state index in [2.05, 4.69) is 41.8 Å². The maximum atomic E-state index is 5.25. The van der Waals surface area contributed by atoms with Crippen LogP contribution in [0.4, 0.5) is 0 Å². The van der Waals surface area contributed by atoms with Gasteiger partial charge in [0, 0.05) is 5.39 Å². The van der Waals surface area contributed by atoms with E-state index in [1.54, 1.807) is 0 Å². The van der Waals surface area contributed by atoms with Crippen molar-refractivity contribution < 1.29 is 4.74 Å². The summed E-state index contributed by atoms with van der Waals surface area (Å²) in [5.74, 6) is 0.528. The Labute approximate surface area is 95.0 Å². The summed E-state index contributed by atoms with van der Waals surface area (Å²) in [5, 5.41) is 5.73. The fraction of sp³-hybridized carbons (Fsp3) is 0.462. The summed E-state index contributed by atoms with van der Waals surface area (Å²) < 4.78 is 7.38. The summed E-state index contributed by atoms with van der Waals surface area (Å²) in [6.07, 6.45) is 1.96. The zero-order valence-corrected chi connectivity index (χ0v) is 9.68. The van der Waals surface area contributed by atoms with Gasteiger partial charge in [0.15, 0.2) is 0 Å². The molecule has 2 heterocycles. The third kappa shape index (κ3) is 1.35. The van der Waals surface area contributed by atoms with Gasteiger partial charge in [-0.25, -0.2) is 0 Å². The quantitative estimate of drug-likeness (QED) is 0.771. The molecule has 1 saturated heterocycles. The third-order valence-corrected chi connectivity index (χ3v) is 3.24. The fourth-order valence-electron chi connectivity index (χ4n) is 2.24. The first kappa shape index (κ1) is 9.85. The van der Waals surface area contributed by atoms with E-state index in [0.29, 0.717) is 12.0 Å². The van der Waals surface area contributed by atoms with Gasteiger partial charge >= 0.3 is 0 Å². The molecule has 0 spiro atoms. The van der Waals surface area contributed by atoms with E-state index in [4.69, 9.17) is 4.74 Å². The molecule has 3 rings (SSSR count). The molecule has 1 aliphatic heterocycles. The minimum Gasteiger partial charge on any atom is -0.377 e. The van der Waals surface area contributed by atoms with Crippen LogP contribution in [0, 0.1) is 0 Å². The normalized spacial score (nSPS) is 16.9. The van der Waals surface area contributed by atoms with E-state index in [0.717, 1.165) is 13.2 Å². The number of nitrogens with zero attached hydrogens (tertiary/aromatic N) is 2. The minimum atomic E-state index is 0.428. The molecule has 0 unspecified atom stereocenters. The summed E-state index contributed by atoms with van der Waals surface area (Å²) in [6, 6.07) is 6.87. The van der Waals surface area contributed by atoms with Gasteiger partial charge in [-0.15, -0.1) is 0 Å². The summed E-state index contributed by atoms with van der Waals surface area (Å²) in [7, 11) is 0. The molecule has 0 saturated carbocycles. The Morgan fingerprint density at radius 1 is 1.38 bits per heavy atom. The maximum absolute atomic E-state index is 5.25. The molecule has 1 aromatic heterocycles. The van der Waals surface area contributed by atoms with Crippen molar-refractivity contribution in [3.8, 4) is 0 Å². The number of aromatic nitrogens is 2.